The third-order valence-corrected chi connectivity index (χ3v) is 2.44. The van der Waals surface area contributed by atoms with Gasteiger partial charge in [0.2, 0.25) is 0 Å². The molecule has 0 saturated heterocycles. The molecule has 6 nitrogen and oxygen atoms in total. The largest absolute Gasteiger partial charge is 0.369 e. The number of nitrogens with one attached hydrogen (secondary N) is 2. The Kier molecular flexibility index (Phi) is 5.52. The normalized spacial score (nSPS) is 10.5. The Labute approximate surface area is 96.2 Å². The molecule has 16 heavy (non-hydrogen) atoms. The molecule has 0 aliphatic carbocycles. The van der Waals surface area contributed by atoms with Crippen molar-refractivity contribution in [3.8, 4) is 0 Å². The highest BCUT2D eigenvalue weighted by atomic mass is 15.3. The predicted octanol–water partition coefficient (Wildman–Crippen LogP) is 0.516. The molecule has 0 radical (unpaired) electrons. The number of nitrogens with zero attached hydrogens (tertiary/aromatic N) is 3. The summed E-state index contributed by atoms with van der Waals surface area (Å²) in [6, 6.07) is 1.78. The Morgan fingerprint density at radius 3 is 2.56 bits per heavy atom. The minimum atomic E-state index is 0.611. The minimum Gasteiger partial charge on any atom is -0.369 e. The third-order valence-electron chi connectivity index (χ3n) is 2.44. The van der Waals surface area contributed by atoms with Crippen molar-refractivity contribution < 1.29 is 0 Å². The lowest BCUT2D eigenvalue weighted by Gasteiger charge is -2.18. The summed E-state index contributed by atoms with van der Waals surface area (Å²) in [4.78, 5) is 10.4. The van der Waals surface area contributed by atoms with Crippen molar-refractivity contribution in [2.24, 2.45) is 5.84 Å². The van der Waals surface area contributed by atoms with Gasteiger partial charge in [0.25, 0.3) is 0 Å². The average Bonchev–Trinajstić information content (AvgIpc) is 2.35. The van der Waals surface area contributed by atoms with Gasteiger partial charge >= 0.3 is 0 Å². The number of rotatable bonds is 7. The monoisotopic (exact) mass is 224 g/mol. The number of nitrogens with two attached hydrogens (primary N) is 1. The maximum Gasteiger partial charge on any atom is 0.145 e. The maximum absolute atomic E-state index is 5.26. The van der Waals surface area contributed by atoms with E-state index in [4.69, 9.17) is 5.84 Å². The highest BCUT2D eigenvalue weighted by Crippen LogP contribution is 2.06. The van der Waals surface area contributed by atoms with Crippen molar-refractivity contribution in [3.05, 3.63) is 12.4 Å². The fourth-order valence-electron chi connectivity index (χ4n) is 1.41. The van der Waals surface area contributed by atoms with Gasteiger partial charge in [-0.3, -0.25) is 0 Å². The second-order valence-corrected chi connectivity index (χ2v) is 3.39. The number of likely N-dealkylation sites (N-methyl/N-ethyl adjacent to an activating group) is 1. The van der Waals surface area contributed by atoms with Crippen LogP contribution >= 0.6 is 0 Å². The van der Waals surface area contributed by atoms with Crippen molar-refractivity contribution in [2.75, 3.05) is 36.9 Å². The molecule has 1 aromatic heterocycles. The molecule has 0 atom stereocenters. The molecular weight excluding hydrogens is 204 g/mol. The van der Waals surface area contributed by atoms with Crippen LogP contribution < -0.4 is 16.6 Å². The molecule has 0 aromatic carbocycles. The summed E-state index contributed by atoms with van der Waals surface area (Å²) < 4.78 is 0. The van der Waals surface area contributed by atoms with Crippen molar-refractivity contribution >= 4 is 11.6 Å². The van der Waals surface area contributed by atoms with E-state index >= 15 is 0 Å². The van der Waals surface area contributed by atoms with Crippen LogP contribution in [0, 0.1) is 0 Å². The van der Waals surface area contributed by atoms with Crippen LogP contribution in [-0.2, 0) is 0 Å². The van der Waals surface area contributed by atoms with Crippen LogP contribution in [0.4, 0.5) is 11.6 Å². The quantitative estimate of drug-likeness (QED) is 0.463. The van der Waals surface area contributed by atoms with Crippen LogP contribution in [0.5, 0.6) is 0 Å². The minimum absolute atomic E-state index is 0.611. The Hall–Kier alpha value is -1.40. The van der Waals surface area contributed by atoms with Gasteiger partial charge in [-0.1, -0.05) is 13.8 Å². The zero-order valence-corrected chi connectivity index (χ0v) is 9.90. The summed E-state index contributed by atoms with van der Waals surface area (Å²) in [5, 5.41) is 3.23. The van der Waals surface area contributed by atoms with Crippen LogP contribution in [0.3, 0.4) is 0 Å². The first-order chi connectivity index (χ1) is 7.80. The van der Waals surface area contributed by atoms with Crippen molar-refractivity contribution in [1.82, 2.24) is 14.9 Å². The fraction of sp³-hybridized carbons (Fsp3) is 0.600. The molecule has 0 aliphatic heterocycles. The molecule has 0 aliphatic rings. The second kappa shape index (κ2) is 6.97. The Morgan fingerprint density at radius 2 is 1.94 bits per heavy atom. The number of nitrogen functional groups attached to an aromatic ring is 1. The highest BCUT2D eigenvalue weighted by Gasteiger charge is 1.99. The Morgan fingerprint density at radius 1 is 1.25 bits per heavy atom. The van der Waals surface area contributed by atoms with E-state index in [9.17, 15) is 0 Å². The van der Waals surface area contributed by atoms with E-state index in [0.29, 0.717) is 5.82 Å². The van der Waals surface area contributed by atoms with E-state index in [1.807, 2.05) is 0 Å². The zero-order chi connectivity index (χ0) is 11.8. The van der Waals surface area contributed by atoms with Gasteiger partial charge in [0.1, 0.15) is 18.0 Å². The molecule has 1 rings (SSSR count). The molecule has 0 saturated carbocycles. The first-order valence-electron chi connectivity index (χ1n) is 5.55. The second-order valence-electron chi connectivity index (χ2n) is 3.39. The predicted molar refractivity (Wildman–Crippen MR) is 66.1 cm³/mol. The van der Waals surface area contributed by atoms with E-state index in [2.05, 4.69) is 39.5 Å². The molecule has 0 unspecified atom stereocenters. The molecule has 0 bridgehead atoms. The van der Waals surface area contributed by atoms with E-state index in [-0.39, 0.29) is 0 Å². The average molecular weight is 224 g/mol. The van der Waals surface area contributed by atoms with Crippen molar-refractivity contribution in [2.45, 2.75) is 13.8 Å². The zero-order valence-electron chi connectivity index (χ0n) is 9.90. The van der Waals surface area contributed by atoms with Crippen LogP contribution in [0.25, 0.3) is 0 Å². The van der Waals surface area contributed by atoms with Gasteiger partial charge in [0.15, 0.2) is 0 Å². The lowest BCUT2D eigenvalue weighted by atomic mass is 10.4. The maximum atomic E-state index is 5.26. The highest BCUT2D eigenvalue weighted by molar-refractivity contribution is 5.45. The number of aromatic nitrogens is 2. The molecule has 0 spiro atoms. The Bertz CT molecular complexity index is 299. The lowest BCUT2D eigenvalue weighted by molar-refractivity contribution is 0.316. The first kappa shape index (κ1) is 12.7. The summed E-state index contributed by atoms with van der Waals surface area (Å²) in [6.07, 6.45) is 1.48. The van der Waals surface area contributed by atoms with Crippen LogP contribution in [0.1, 0.15) is 13.8 Å². The molecule has 4 N–H and O–H groups in total. The SMILES string of the molecule is CCN(CC)CCNc1cc(NN)ncn1. The van der Waals surface area contributed by atoms with Gasteiger partial charge in [0.05, 0.1) is 0 Å². The number of hydrogen-bond donors (Lipinski definition) is 3. The van der Waals surface area contributed by atoms with E-state index in [1.54, 1.807) is 6.07 Å². The summed E-state index contributed by atoms with van der Waals surface area (Å²) in [5.74, 6) is 6.66. The molecule has 1 aromatic rings. The topological polar surface area (TPSA) is 79.1 Å². The smallest absolute Gasteiger partial charge is 0.145 e. The van der Waals surface area contributed by atoms with Gasteiger partial charge in [-0.25, -0.2) is 15.8 Å². The molecule has 0 amide bonds. The Balaban J connectivity index is 2.36. The number of hydrazine groups is 1. The number of hydrogen-bond acceptors (Lipinski definition) is 6. The molecule has 6 heteroatoms. The van der Waals surface area contributed by atoms with Crippen LogP contribution in [0.2, 0.25) is 0 Å². The third kappa shape index (κ3) is 4.00. The van der Waals surface area contributed by atoms with Gasteiger partial charge in [-0.2, -0.15) is 0 Å². The number of anilines is 2. The van der Waals surface area contributed by atoms with E-state index < -0.39 is 0 Å². The molecule has 0 fully saturated rings. The summed E-state index contributed by atoms with van der Waals surface area (Å²) in [7, 11) is 0. The van der Waals surface area contributed by atoms with Gasteiger partial charge < -0.3 is 15.6 Å². The molecule has 90 valence electrons. The standard InChI is InChI=1S/C10H20N6/c1-3-16(4-2)6-5-12-9-7-10(15-11)14-8-13-9/h7-8H,3-6,11H2,1-2H3,(H2,12,13,14,15). The van der Waals surface area contributed by atoms with E-state index in [0.717, 1.165) is 32.0 Å². The van der Waals surface area contributed by atoms with Crippen LogP contribution in [0.15, 0.2) is 12.4 Å². The van der Waals surface area contributed by atoms with E-state index in [1.165, 1.54) is 6.33 Å². The summed E-state index contributed by atoms with van der Waals surface area (Å²) in [5.41, 5.74) is 2.49. The van der Waals surface area contributed by atoms with Gasteiger partial charge in [0, 0.05) is 19.2 Å². The summed E-state index contributed by atoms with van der Waals surface area (Å²) in [6.45, 7) is 8.31. The van der Waals surface area contributed by atoms with Crippen LogP contribution in [-0.4, -0.2) is 41.0 Å². The fourth-order valence-corrected chi connectivity index (χ4v) is 1.41. The lowest BCUT2D eigenvalue weighted by Crippen LogP contribution is -2.28. The van der Waals surface area contributed by atoms with Crippen molar-refractivity contribution in [3.63, 3.8) is 0 Å². The molecule has 1 heterocycles. The molecular formula is C10H20N6. The first-order valence-corrected chi connectivity index (χ1v) is 5.55. The summed E-state index contributed by atoms with van der Waals surface area (Å²) >= 11 is 0. The van der Waals surface area contributed by atoms with Crippen molar-refractivity contribution in [1.29, 1.82) is 0 Å². The van der Waals surface area contributed by atoms with Gasteiger partial charge in [-0.15, -0.1) is 0 Å². The van der Waals surface area contributed by atoms with Gasteiger partial charge in [-0.05, 0) is 13.1 Å².